The largest absolute Gasteiger partial charge is 0.497 e. The molecular formula is C19H21N3O5. The maximum atomic E-state index is 13.0. The Morgan fingerprint density at radius 3 is 2.56 bits per heavy atom. The lowest BCUT2D eigenvalue weighted by molar-refractivity contribution is -0.384. The van der Waals surface area contributed by atoms with E-state index in [-0.39, 0.29) is 28.9 Å². The maximum absolute atomic E-state index is 13.0. The second-order valence-corrected chi connectivity index (χ2v) is 6.32. The number of rotatable bonds is 5. The van der Waals surface area contributed by atoms with Gasteiger partial charge < -0.3 is 19.7 Å². The summed E-state index contributed by atoms with van der Waals surface area (Å²) in [6.07, 6.45) is 0. The molecule has 0 aliphatic carbocycles. The van der Waals surface area contributed by atoms with Crippen molar-refractivity contribution in [2.75, 3.05) is 26.7 Å². The average molecular weight is 371 g/mol. The third-order valence-corrected chi connectivity index (χ3v) is 4.35. The summed E-state index contributed by atoms with van der Waals surface area (Å²) in [6, 6.07) is 11.1. The Morgan fingerprint density at radius 1 is 1.22 bits per heavy atom. The van der Waals surface area contributed by atoms with E-state index in [1.807, 2.05) is 6.92 Å². The molecule has 8 nitrogen and oxygen atoms in total. The van der Waals surface area contributed by atoms with Gasteiger partial charge in [-0.25, -0.2) is 0 Å². The highest BCUT2D eigenvalue weighted by Gasteiger charge is 2.26. The van der Waals surface area contributed by atoms with Gasteiger partial charge in [0.2, 0.25) is 0 Å². The molecule has 27 heavy (non-hydrogen) atoms. The third kappa shape index (κ3) is 4.35. The predicted octanol–water partition coefficient (Wildman–Crippen LogP) is 2.83. The van der Waals surface area contributed by atoms with Gasteiger partial charge >= 0.3 is 0 Å². The van der Waals surface area contributed by atoms with E-state index < -0.39 is 4.92 Å². The predicted molar refractivity (Wildman–Crippen MR) is 99.5 cm³/mol. The molecule has 2 aromatic rings. The molecule has 1 atom stereocenters. The topological polar surface area (TPSA) is 93.9 Å². The van der Waals surface area contributed by atoms with Gasteiger partial charge in [0.25, 0.3) is 11.6 Å². The minimum Gasteiger partial charge on any atom is -0.497 e. The summed E-state index contributed by atoms with van der Waals surface area (Å²) in [5, 5.41) is 14.4. The average Bonchev–Trinajstić information content (AvgIpc) is 2.68. The maximum Gasteiger partial charge on any atom is 0.270 e. The van der Waals surface area contributed by atoms with Crippen LogP contribution in [-0.4, -0.2) is 48.5 Å². The van der Waals surface area contributed by atoms with Crippen molar-refractivity contribution < 1.29 is 19.2 Å². The number of benzene rings is 2. The van der Waals surface area contributed by atoms with Gasteiger partial charge in [-0.2, -0.15) is 0 Å². The van der Waals surface area contributed by atoms with Crippen LogP contribution in [-0.2, 0) is 0 Å². The minimum absolute atomic E-state index is 0.149. The van der Waals surface area contributed by atoms with Gasteiger partial charge in [0.15, 0.2) is 0 Å². The lowest BCUT2D eigenvalue weighted by atomic mass is 10.1. The zero-order chi connectivity index (χ0) is 19.4. The molecule has 0 bridgehead atoms. The quantitative estimate of drug-likeness (QED) is 0.642. The number of non-ortho nitro benzene ring substituents is 1. The third-order valence-electron chi connectivity index (χ3n) is 4.35. The van der Waals surface area contributed by atoms with Crippen molar-refractivity contribution in [1.29, 1.82) is 0 Å². The first-order chi connectivity index (χ1) is 13.0. The Bertz CT molecular complexity index is 838. The van der Waals surface area contributed by atoms with E-state index in [1.54, 1.807) is 36.3 Å². The van der Waals surface area contributed by atoms with Crippen molar-refractivity contribution in [1.82, 2.24) is 10.2 Å². The van der Waals surface area contributed by atoms with Crippen molar-refractivity contribution >= 4 is 11.6 Å². The molecule has 1 saturated heterocycles. The molecule has 1 amide bonds. The lowest BCUT2D eigenvalue weighted by Gasteiger charge is -2.32. The molecule has 0 aromatic heterocycles. The monoisotopic (exact) mass is 371 g/mol. The summed E-state index contributed by atoms with van der Waals surface area (Å²) in [7, 11) is 1.57. The van der Waals surface area contributed by atoms with Crippen LogP contribution in [0.4, 0.5) is 5.69 Å². The van der Waals surface area contributed by atoms with Crippen LogP contribution in [0.3, 0.4) is 0 Å². The van der Waals surface area contributed by atoms with Gasteiger partial charge in [-0.05, 0) is 37.3 Å². The van der Waals surface area contributed by atoms with Gasteiger partial charge in [0, 0.05) is 37.8 Å². The van der Waals surface area contributed by atoms with E-state index in [0.717, 1.165) is 0 Å². The number of hydrogen-bond donors (Lipinski definition) is 1. The first-order valence-corrected chi connectivity index (χ1v) is 8.61. The van der Waals surface area contributed by atoms with Gasteiger partial charge in [-0.15, -0.1) is 0 Å². The second kappa shape index (κ2) is 8.05. The molecule has 8 heteroatoms. The lowest BCUT2D eigenvalue weighted by Crippen LogP contribution is -2.51. The van der Waals surface area contributed by atoms with Crippen LogP contribution in [0.5, 0.6) is 17.2 Å². The smallest absolute Gasteiger partial charge is 0.270 e. The number of carbonyl (C=O) groups is 1. The number of carbonyl (C=O) groups excluding carboxylic acids is 1. The number of piperazine rings is 1. The standard InChI is InChI=1S/C19H21N3O5/c1-13-12-21(10-9-20-13)19(23)17-11-14(22(24)25)3-8-18(17)27-16-6-4-15(26-2)5-7-16/h3-8,11,13,20H,9-10,12H2,1-2H3. The second-order valence-electron chi connectivity index (χ2n) is 6.32. The van der Waals surface area contributed by atoms with Crippen LogP contribution >= 0.6 is 0 Å². The molecular weight excluding hydrogens is 350 g/mol. The number of nitro groups is 1. The van der Waals surface area contributed by atoms with E-state index in [4.69, 9.17) is 9.47 Å². The number of methoxy groups -OCH3 is 1. The fraction of sp³-hybridized carbons (Fsp3) is 0.316. The molecule has 1 aliphatic rings. The zero-order valence-electron chi connectivity index (χ0n) is 15.2. The van der Waals surface area contributed by atoms with Crippen LogP contribution in [0.2, 0.25) is 0 Å². The van der Waals surface area contributed by atoms with Gasteiger partial charge in [0.1, 0.15) is 17.2 Å². The van der Waals surface area contributed by atoms with Gasteiger partial charge in [0.05, 0.1) is 17.6 Å². The number of hydrogen-bond acceptors (Lipinski definition) is 6. The number of ether oxygens (including phenoxy) is 2. The highest BCUT2D eigenvalue weighted by molar-refractivity contribution is 5.97. The van der Waals surface area contributed by atoms with E-state index in [1.165, 1.54) is 18.2 Å². The molecule has 1 unspecified atom stereocenters. The van der Waals surface area contributed by atoms with Crippen molar-refractivity contribution in [3.63, 3.8) is 0 Å². The molecule has 0 spiro atoms. The van der Waals surface area contributed by atoms with E-state index in [2.05, 4.69) is 5.32 Å². The van der Waals surface area contributed by atoms with E-state index in [0.29, 0.717) is 31.1 Å². The van der Waals surface area contributed by atoms with Crippen LogP contribution in [0, 0.1) is 10.1 Å². The summed E-state index contributed by atoms with van der Waals surface area (Å²) >= 11 is 0. The first kappa shape index (κ1) is 18.7. The van der Waals surface area contributed by atoms with Crippen molar-refractivity contribution in [2.24, 2.45) is 0 Å². The molecule has 1 fully saturated rings. The number of nitrogens with one attached hydrogen (secondary N) is 1. The zero-order valence-corrected chi connectivity index (χ0v) is 15.2. The molecule has 2 aromatic carbocycles. The highest BCUT2D eigenvalue weighted by atomic mass is 16.6. The minimum atomic E-state index is -0.520. The van der Waals surface area contributed by atoms with Crippen molar-refractivity contribution in [3.05, 3.63) is 58.1 Å². The van der Waals surface area contributed by atoms with Crippen molar-refractivity contribution in [2.45, 2.75) is 13.0 Å². The molecule has 142 valence electrons. The molecule has 1 heterocycles. The summed E-state index contributed by atoms with van der Waals surface area (Å²) in [6.45, 7) is 3.73. The molecule has 1 aliphatic heterocycles. The molecule has 0 radical (unpaired) electrons. The highest BCUT2D eigenvalue weighted by Crippen LogP contribution is 2.31. The Kier molecular flexibility index (Phi) is 5.56. The Labute approximate surface area is 156 Å². The fourth-order valence-electron chi connectivity index (χ4n) is 2.95. The SMILES string of the molecule is COc1ccc(Oc2ccc([N+](=O)[O-])cc2C(=O)N2CCNC(C)C2)cc1. The van der Waals surface area contributed by atoms with Crippen LogP contribution in [0.1, 0.15) is 17.3 Å². The molecule has 3 rings (SSSR count). The van der Waals surface area contributed by atoms with Crippen LogP contribution in [0.25, 0.3) is 0 Å². The van der Waals surface area contributed by atoms with Crippen molar-refractivity contribution in [3.8, 4) is 17.2 Å². The summed E-state index contributed by atoms with van der Waals surface area (Å²) in [5.74, 6) is 1.18. The van der Waals surface area contributed by atoms with Gasteiger partial charge in [-0.3, -0.25) is 14.9 Å². The van der Waals surface area contributed by atoms with E-state index >= 15 is 0 Å². The summed E-state index contributed by atoms with van der Waals surface area (Å²) in [5.41, 5.74) is 0.0257. The summed E-state index contributed by atoms with van der Waals surface area (Å²) in [4.78, 5) is 25.3. The summed E-state index contributed by atoms with van der Waals surface area (Å²) < 4.78 is 11.0. The Hall–Kier alpha value is -3.13. The number of nitrogens with zero attached hydrogens (tertiary/aromatic N) is 2. The van der Waals surface area contributed by atoms with Crippen LogP contribution in [0.15, 0.2) is 42.5 Å². The van der Waals surface area contributed by atoms with E-state index in [9.17, 15) is 14.9 Å². The number of amides is 1. The molecule has 0 saturated carbocycles. The molecule has 1 N–H and O–H groups in total. The normalized spacial score (nSPS) is 16.7. The Balaban J connectivity index is 1.92. The number of nitro benzene ring substituents is 1. The van der Waals surface area contributed by atoms with Gasteiger partial charge in [-0.1, -0.05) is 0 Å². The first-order valence-electron chi connectivity index (χ1n) is 8.61. The van der Waals surface area contributed by atoms with Crippen LogP contribution < -0.4 is 14.8 Å². The Morgan fingerprint density at radius 2 is 1.93 bits per heavy atom. The fourth-order valence-corrected chi connectivity index (χ4v) is 2.95.